The first-order valence-electron chi connectivity index (χ1n) is 6.95. The standard InChI is InChI=1S/C17H17ClO3/c18-15-8-4-7-14(9-15)17-20-11-16(12-21-17)19-10-13-5-2-1-3-6-13/h1-9,16-17H,10-12H2/t16-,17+. The maximum Gasteiger partial charge on any atom is 0.184 e. The van der Waals surface area contributed by atoms with E-state index in [-0.39, 0.29) is 12.4 Å². The van der Waals surface area contributed by atoms with E-state index in [4.69, 9.17) is 25.8 Å². The minimum Gasteiger partial charge on any atom is -0.369 e. The van der Waals surface area contributed by atoms with Gasteiger partial charge in [0.05, 0.1) is 19.8 Å². The quantitative estimate of drug-likeness (QED) is 0.855. The largest absolute Gasteiger partial charge is 0.369 e. The summed E-state index contributed by atoms with van der Waals surface area (Å²) >= 11 is 5.97. The summed E-state index contributed by atoms with van der Waals surface area (Å²) in [4.78, 5) is 0. The van der Waals surface area contributed by atoms with Crippen LogP contribution in [0.25, 0.3) is 0 Å². The van der Waals surface area contributed by atoms with Gasteiger partial charge in [0.25, 0.3) is 0 Å². The highest BCUT2D eigenvalue weighted by Crippen LogP contribution is 2.26. The molecule has 0 aromatic heterocycles. The molecule has 21 heavy (non-hydrogen) atoms. The van der Waals surface area contributed by atoms with E-state index in [1.54, 1.807) is 0 Å². The molecule has 2 aromatic carbocycles. The van der Waals surface area contributed by atoms with Gasteiger partial charge in [-0.2, -0.15) is 0 Å². The zero-order valence-corrected chi connectivity index (χ0v) is 12.3. The van der Waals surface area contributed by atoms with Crippen LogP contribution >= 0.6 is 11.6 Å². The molecule has 0 atom stereocenters. The molecule has 3 rings (SSSR count). The molecule has 2 aromatic rings. The molecule has 1 saturated heterocycles. The van der Waals surface area contributed by atoms with E-state index in [0.29, 0.717) is 24.8 Å². The van der Waals surface area contributed by atoms with E-state index in [9.17, 15) is 0 Å². The van der Waals surface area contributed by atoms with Gasteiger partial charge in [0, 0.05) is 10.6 Å². The summed E-state index contributed by atoms with van der Waals surface area (Å²) in [6, 6.07) is 17.6. The lowest BCUT2D eigenvalue weighted by atomic mass is 10.2. The molecule has 0 unspecified atom stereocenters. The summed E-state index contributed by atoms with van der Waals surface area (Å²) in [6.45, 7) is 1.61. The van der Waals surface area contributed by atoms with E-state index in [0.717, 1.165) is 11.1 Å². The number of ether oxygens (including phenoxy) is 3. The fraction of sp³-hybridized carbons (Fsp3) is 0.294. The van der Waals surface area contributed by atoms with Crippen LogP contribution in [0.3, 0.4) is 0 Å². The van der Waals surface area contributed by atoms with Crippen molar-refractivity contribution in [1.29, 1.82) is 0 Å². The van der Waals surface area contributed by atoms with Gasteiger partial charge in [0.15, 0.2) is 6.29 Å². The van der Waals surface area contributed by atoms with Crippen LogP contribution in [0.5, 0.6) is 0 Å². The number of hydrogen-bond acceptors (Lipinski definition) is 3. The van der Waals surface area contributed by atoms with E-state index in [2.05, 4.69) is 0 Å². The Bertz CT molecular complexity index is 565. The molecule has 0 spiro atoms. The summed E-state index contributed by atoms with van der Waals surface area (Å²) in [5.41, 5.74) is 2.08. The summed E-state index contributed by atoms with van der Waals surface area (Å²) in [6.07, 6.45) is -0.402. The van der Waals surface area contributed by atoms with Gasteiger partial charge >= 0.3 is 0 Å². The zero-order chi connectivity index (χ0) is 14.5. The Kier molecular flexibility index (Phi) is 4.88. The Morgan fingerprint density at radius 2 is 1.76 bits per heavy atom. The number of rotatable bonds is 4. The first-order chi connectivity index (χ1) is 10.3. The average Bonchev–Trinajstić information content (AvgIpc) is 2.54. The molecule has 0 amide bonds. The van der Waals surface area contributed by atoms with Crippen LogP contribution in [0.15, 0.2) is 54.6 Å². The fourth-order valence-corrected chi connectivity index (χ4v) is 2.41. The third kappa shape index (κ3) is 4.05. The first kappa shape index (κ1) is 14.5. The summed E-state index contributed by atoms with van der Waals surface area (Å²) < 4.78 is 17.2. The van der Waals surface area contributed by atoms with Crippen LogP contribution in [0, 0.1) is 0 Å². The van der Waals surface area contributed by atoms with Gasteiger partial charge in [-0.05, 0) is 17.7 Å². The van der Waals surface area contributed by atoms with Crippen molar-refractivity contribution in [2.24, 2.45) is 0 Å². The lowest BCUT2D eigenvalue weighted by Gasteiger charge is -2.29. The second kappa shape index (κ2) is 7.05. The molecule has 0 radical (unpaired) electrons. The predicted molar refractivity (Wildman–Crippen MR) is 81.1 cm³/mol. The fourth-order valence-electron chi connectivity index (χ4n) is 2.22. The van der Waals surface area contributed by atoms with Gasteiger partial charge in [-0.1, -0.05) is 54.1 Å². The minimum absolute atomic E-state index is 0.0411. The van der Waals surface area contributed by atoms with Crippen LogP contribution in [0.1, 0.15) is 17.4 Å². The molecule has 0 saturated carbocycles. The zero-order valence-electron chi connectivity index (χ0n) is 11.6. The van der Waals surface area contributed by atoms with Crippen molar-refractivity contribution in [3.8, 4) is 0 Å². The number of benzene rings is 2. The van der Waals surface area contributed by atoms with E-state index >= 15 is 0 Å². The Morgan fingerprint density at radius 1 is 1.00 bits per heavy atom. The van der Waals surface area contributed by atoms with Crippen molar-refractivity contribution in [2.75, 3.05) is 13.2 Å². The second-order valence-electron chi connectivity index (χ2n) is 4.97. The van der Waals surface area contributed by atoms with Gasteiger partial charge in [-0.15, -0.1) is 0 Å². The highest BCUT2D eigenvalue weighted by molar-refractivity contribution is 6.30. The van der Waals surface area contributed by atoms with E-state index < -0.39 is 0 Å². The van der Waals surface area contributed by atoms with Gasteiger partial charge in [-0.25, -0.2) is 0 Å². The molecular formula is C17H17ClO3. The van der Waals surface area contributed by atoms with Crippen molar-refractivity contribution >= 4 is 11.6 Å². The van der Waals surface area contributed by atoms with Crippen molar-refractivity contribution < 1.29 is 14.2 Å². The average molecular weight is 305 g/mol. The normalized spacial score (nSPS) is 22.1. The van der Waals surface area contributed by atoms with Crippen molar-refractivity contribution in [2.45, 2.75) is 19.0 Å². The Morgan fingerprint density at radius 3 is 2.48 bits per heavy atom. The van der Waals surface area contributed by atoms with Gasteiger partial charge in [0.2, 0.25) is 0 Å². The smallest absolute Gasteiger partial charge is 0.184 e. The molecule has 0 N–H and O–H groups in total. The SMILES string of the molecule is Clc1cccc([C@H]2OC[C@@H](OCc3ccccc3)CO2)c1. The number of halogens is 1. The van der Waals surface area contributed by atoms with Crippen molar-refractivity contribution in [3.05, 3.63) is 70.7 Å². The van der Waals surface area contributed by atoms with Crippen LogP contribution in [-0.4, -0.2) is 19.3 Å². The predicted octanol–water partition coefficient (Wildman–Crippen LogP) is 3.97. The molecule has 1 fully saturated rings. The lowest BCUT2D eigenvalue weighted by Crippen LogP contribution is -2.33. The molecule has 4 heteroatoms. The van der Waals surface area contributed by atoms with Crippen molar-refractivity contribution in [1.82, 2.24) is 0 Å². The highest BCUT2D eigenvalue weighted by atomic mass is 35.5. The molecule has 0 bridgehead atoms. The molecule has 1 aliphatic heterocycles. The molecule has 3 nitrogen and oxygen atoms in total. The highest BCUT2D eigenvalue weighted by Gasteiger charge is 2.24. The minimum atomic E-state index is -0.361. The summed E-state index contributed by atoms with van der Waals surface area (Å²) in [7, 11) is 0. The second-order valence-corrected chi connectivity index (χ2v) is 5.41. The first-order valence-corrected chi connectivity index (χ1v) is 7.33. The van der Waals surface area contributed by atoms with Gasteiger partial charge < -0.3 is 14.2 Å². The van der Waals surface area contributed by atoms with Crippen molar-refractivity contribution in [3.63, 3.8) is 0 Å². The topological polar surface area (TPSA) is 27.7 Å². The molecule has 110 valence electrons. The Balaban J connectivity index is 1.49. The molecule has 1 heterocycles. The van der Waals surface area contributed by atoms with Gasteiger partial charge in [0.1, 0.15) is 6.10 Å². The van der Waals surface area contributed by atoms with Crippen LogP contribution in [-0.2, 0) is 20.8 Å². The maximum atomic E-state index is 5.97. The molecular weight excluding hydrogens is 288 g/mol. The Hall–Kier alpha value is -1.39. The maximum absolute atomic E-state index is 5.97. The molecule has 0 aliphatic carbocycles. The monoisotopic (exact) mass is 304 g/mol. The third-order valence-electron chi connectivity index (χ3n) is 3.32. The third-order valence-corrected chi connectivity index (χ3v) is 3.55. The Labute approximate surface area is 129 Å². The van der Waals surface area contributed by atoms with Gasteiger partial charge in [-0.3, -0.25) is 0 Å². The lowest BCUT2D eigenvalue weighted by molar-refractivity contribution is -0.232. The summed E-state index contributed by atoms with van der Waals surface area (Å²) in [5.74, 6) is 0. The van der Waals surface area contributed by atoms with Crippen LogP contribution in [0.2, 0.25) is 5.02 Å². The number of hydrogen-bond donors (Lipinski definition) is 0. The molecule has 1 aliphatic rings. The van der Waals surface area contributed by atoms with Crippen LogP contribution in [0.4, 0.5) is 0 Å². The summed E-state index contributed by atoms with van der Waals surface area (Å²) in [5, 5.41) is 0.683. The van der Waals surface area contributed by atoms with E-state index in [1.807, 2.05) is 54.6 Å². The van der Waals surface area contributed by atoms with Crippen LogP contribution < -0.4 is 0 Å². The van der Waals surface area contributed by atoms with E-state index in [1.165, 1.54) is 0 Å².